The average molecular weight is 537 g/mol. The van der Waals surface area contributed by atoms with E-state index >= 15 is 0 Å². The molecule has 3 nitrogen and oxygen atoms in total. The van der Waals surface area contributed by atoms with Crippen molar-refractivity contribution < 1.29 is 18.0 Å². The SMILES string of the molecule is N#Cc1c(Br)c(CC(F)(F)F)n(C(=O)c2ccc(Cl)c(Cl)c2)c1-c1ccc(Cl)cc1. The van der Waals surface area contributed by atoms with Crippen molar-refractivity contribution >= 4 is 56.6 Å². The molecule has 0 aliphatic rings. The predicted octanol–water partition coefficient (Wildman–Crippen LogP) is 7.54. The van der Waals surface area contributed by atoms with E-state index in [1.54, 1.807) is 0 Å². The van der Waals surface area contributed by atoms with E-state index in [2.05, 4.69) is 15.9 Å². The van der Waals surface area contributed by atoms with Gasteiger partial charge in [0.1, 0.15) is 6.07 Å². The highest BCUT2D eigenvalue weighted by atomic mass is 79.9. The molecule has 0 spiro atoms. The fourth-order valence-electron chi connectivity index (χ4n) is 2.91. The second-order valence-electron chi connectivity index (χ2n) is 6.16. The Morgan fingerprint density at radius 2 is 1.70 bits per heavy atom. The lowest BCUT2D eigenvalue weighted by Crippen LogP contribution is -2.21. The Bertz CT molecular complexity index is 1180. The maximum atomic E-state index is 13.3. The minimum Gasteiger partial charge on any atom is -0.277 e. The summed E-state index contributed by atoms with van der Waals surface area (Å²) >= 11 is 20.8. The molecule has 0 fully saturated rings. The Balaban J connectivity index is 2.34. The first kappa shape index (κ1) is 22.7. The lowest BCUT2D eigenvalue weighted by atomic mass is 10.1. The maximum Gasteiger partial charge on any atom is 0.394 e. The van der Waals surface area contributed by atoms with Gasteiger partial charge in [-0.2, -0.15) is 18.4 Å². The van der Waals surface area contributed by atoms with Crippen molar-refractivity contribution in [2.75, 3.05) is 0 Å². The van der Waals surface area contributed by atoms with E-state index in [-0.39, 0.29) is 31.3 Å². The first-order valence-electron chi connectivity index (χ1n) is 8.19. The molecule has 1 aromatic heterocycles. The van der Waals surface area contributed by atoms with Gasteiger partial charge < -0.3 is 0 Å². The number of aromatic nitrogens is 1. The summed E-state index contributed by atoms with van der Waals surface area (Å²) in [6.45, 7) is 0. The number of benzene rings is 2. The number of rotatable bonds is 3. The summed E-state index contributed by atoms with van der Waals surface area (Å²) in [4.78, 5) is 13.3. The number of hydrogen-bond donors (Lipinski definition) is 0. The Morgan fingerprint density at radius 3 is 2.23 bits per heavy atom. The van der Waals surface area contributed by atoms with Crippen molar-refractivity contribution in [3.63, 3.8) is 0 Å². The number of hydrogen-bond acceptors (Lipinski definition) is 2. The number of nitrogens with zero attached hydrogens (tertiary/aromatic N) is 2. The lowest BCUT2D eigenvalue weighted by Gasteiger charge is -2.15. The van der Waals surface area contributed by atoms with Crippen LogP contribution in [0.25, 0.3) is 11.3 Å². The Kier molecular flexibility index (Phi) is 6.54. The van der Waals surface area contributed by atoms with Crippen LogP contribution in [0.5, 0.6) is 0 Å². The van der Waals surface area contributed by atoms with Gasteiger partial charge in [0, 0.05) is 16.1 Å². The van der Waals surface area contributed by atoms with Gasteiger partial charge in [0.05, 0.1) is 37.9 Å². The van der Waals surface area contributed by atoms with Crippen LogP contribution < -0.4 is 0 Å². The summed E-state index contributed by atoms with van der Waals surface area (Å²) in [6.07, 6.45) is -6.05. The van der Waals surface area contributed by atoms with Crippen molar-refractivity contribution in [1.29, 1.82) is 5.26 Å². The zero-order valence-electron chi connectivity index (χ0n) is 14.7. The maximum absolute atomic E-state index is 13.3. The molecule has 0 aliphatic carbocycles. The Hall–Kier alpha value is -1.98. The van der Waals surface area contributed by atoms with Gasteiger partial charge in [-0.25, -0.2) is 0 Å². The van der Waals surface area contributed by atoms with E-state index in [9.17, 15) is 23.2 Å². The van der Waals surface area contributed by atoms with Crippen LogP contribution in [0.3, 0.4) is 0 Å². The molecule has 0 bridgehead atoms. The van der Waals surface area contributed by atoms with Crippen LogP contribution in [-0.2, 0) is 6.42 Å². The summed E-state index contributed by atoms with van der Waals surface area (Å²) in [5.41, 5.74) is -0.144. The molecule has 0 unspecified atom stereocenters. The zero-order valence-corrected chi connectivity index (χ0v) is 18.6. The minimum atomic E-state index is -4.62. The quantitative estimate of drug-likeness (QED) is 0.347. The topological polar surface area (TPSA) is 45.8 Å². The highest BCUT2D eigenvalue weighted by Crippen LogP contribution is 2.39. The van der Waals surface area contributed by atoms with Crippen LogP contribution in [0.1, 0.15) is 21.6 Å². The summed E-state index contributed by atoms with van der Waals surface area (Å²) in [5, 5.41) is 10.3. The highest BCUT2D eigenvalue weighted by Gasteiger charge is 2.35. The van der Waals surface area contributed by atoms with Gasteiger partial charge in [-0.1, -0.05) is 46.9 Å². The van der Waals surface area contributed by atoms with Crippen LogP contribution >= 0.6 is 50.7 Å². The molecule has 30 heavy (non-hydrogen) atoms. The van der Waals surface area contributed by atoms with E-state index < -0.39 is 24.2 Å². The Labute approximate surface area is 192 Å². The van der Waals surface area contributed by atoms with Gasteiger partial charge in [-0.15, -0.1) is 0 Å². The average Bonchev–Trinajstić information content (AvgIpc) is 2.94. The molecule has 10 heteroatoms. The van der Waals surface area contributed by atoms with Crippen molar-refractivity contribution in [2.45, 2.75) is 12.6 Å². The standard InChI is InChI=1S/C20H9BrCl3F3N2O/c21-17-13(9-28)18(10-1-4-12(22)5-2-10)29(16(17)8-20(25,26)27)19(30)11-3-6-14(23)15(24)7-11/h1-7H,8H2. The third-order valence-electron chi connectivity index (χ3n) is 4.17. The third kappa shape index (κ3) is 4.52. The normalized spacial score (nSPS) is 11.4. The van der Waals surface area contributed by atoms with Crippen molar-refractivity contribution in [3.8, 4) is 17.3 Å². The number of nitriles is 1. The van der Waals surface area contributed by atoms with E-state index in [0.29, 0.717) is 10.6 Å². The fourth-order valence-corrected chi connectivity index (χ4v) is 3.92. The molecule has 3 rings (SSSR count). The van der Waals surface area contributed by atoms with Crippen molar-refractivity contribution in [3.05, 3.63) is 78.8 Å². The van der Waals surface area contributed by atoms with E-state index in [4.69, 9.17) is 34.8 Å². The van der Waals surface area contributed by atoms with E-state index in [1.807, 2.05) is 6.07 Å². The van der Waals surface area contributed by atoms with Gasteiger partial charge in [-0.05, 0) is 46.3 Å². The molecule has 0 amide bonds. The molecule has 0 radical (unpaired) electrons. The number of carbonyl (C=O) groups excluding carboxylic acids is 1. The molecule has 2 aromatic carbocycles. The molecule has 0 saturated heterocycles. The van der Waals surface area contributed by atoms with Crippen LogP contribution in [0.4, 0.5) is 13.2 Å². The van der Waals surface area contributed by atoms with Crippen molar-refractivity contribution in [1.82, 2.24) is 4.57 Å². The van der Waals surface area contributed by atoms with Crippen LogP contribution in [0.2, 0.25) is 15.1 Å². The molecular weight excluding hydrogens is 527 g/mol. The van der Waals surface area contributed by atoms with Gasteiger partial charge in [-0.3, -0.25) is 9.36 Å². The summed E-state index contributed by atoms with van der Waals surface area (Å²) < 4.78 is 40.7. The van der Waals surface area contributed by atoms with Crippen molar-refractivity contribution in [2.24, 2.45) is 0 Å². The fraction of sp³-hybridized carbons (Fsp3) is 0.100. The van der Waals surface area contributed by atoms with Gasteiger partial charge in [0.15, 0.2) is 0 Å². The second kappa shape index (κ2) is 8.64. The van der Waals surface area contributed by atoms with Gasteiger partial charge >= 0.3 is 6.18 Å². The molecule has 0 saturated carbocycles. The predicted molar refractivity (Wildman–Crippen MR) is 113 cm³/mol. The smallest absolute Gasteiger partial charge is 0.277 e. The van der Waals surface area contributed by atoms with Crippen LogP contribution in [-0.4, -0.2) is 16.7 Å². The summed E-state index contributed by atoms with van der Waals surface area (Å²) in [6, 6.07) is 11.9. The second-order valence-corrected chi connectivity index (χ2v) is 8.21. The molecule has 0 atom stereocenters. The van der Waals surface area contributed by atoms with E-state index in [1.165, 1.54) is 42.5 Å². The lowest BCUT2D eigenvalue weighted by molar-refractivity contribution is -0.128. The van der Waals surface area contributed by atoms with Crippen LogP contribution in [0, 0.1) is 11.3 Å². The first-order valence-corrected chi connectivity index (χ1v) is 10.1. The first-order chi connectivity index (χ1) is 14.0. The third-order valence-corrected chi connectivity index (χ3v) is 6.02. The van der Waals surface area contributed by atoms with Crippen LogP contribution in [0.15, 0.2) is 46.9 Å². The van der Waals surface area contributed by atoms with Gasteiger partial charge in [0.25, 0.3) is 5.91 Å². The number of alkyl halides is 3. The number of halogens is 7. The molecule has 3 aromatic rings. The monoisotopic (exact) mass is 534 g/mol. The minimum absolute atomic E-state index is 0.00929. The molecule has 154 valence electrons. The summed E-state index contributed by atoms with van der Waals surface area (Å²) in [5.74, 6) is -0.792. The zero-order chi connectivity index (χ0) is 22.2. The molecular formula is C20H9BrCl3F3N2O. The largest absolute Gasteiger partial charge is 0.394 e. The summed E-state index contributed by atoms with van der Waals surface area (Å²) in [7, 11) is 0. The highest BCUT2D eigenvalue weighted by molar-refractivity contribution is 9.10. The van der Waals surface area contributed by atoms with E-state index in [0.717, 1.165) is 4.57 Å². The number of carbonyl (C=O) groups is 1. The molecule has 0 aliphatic heterocycles. The molecule has 1 heterocycles. The molecule has 0 N–H and O–H groups in total. The Morgan fingerprint density at radius 1 is 1.07 bits per heavy atom. The van der Waals surface area contributed by atoms with Gasteiger partial charge in [0.2, 0.25) is 0 Å².